The van der Waals surface area contributed by atoms with E-state index in [2.05, 4.69) is 15.2 Å². The van der Waals surface area contributed by atoms with Gasteiger partial charge in [-0.15, -0.1) is 0 Å². The van der Waals surface area contributed by atoms with Crippen molar-refractivity contribution in [1.82, 2.24) is 15.0 Å². The number of fused-ring (bicyclic) bond motifs is 1. The van der Waals surface area contributed by atoms with Gasteiger partial charge in [-0.1, -0.05) is 23.7 Å². The van der Waals surface area contributed by atoms with E-state index in [0.29, 0.717) is 16.7 Å². The van der Waals surface area contributed by atoms with Crippen LogP contribution in [0.25, 0.3) is 33.5 Å². The lowest BCUT2D eigenvalue weighted by Crippen LogP contribution is -2.40. The number of piperidine rings is 1. The van der Waals surface area contributed by atoms with Gasteiger partial charge in [-0.05, 0) is 55.2 Å². The second-order valence-corrected chi connectivity index (χ2v) is 8.96. The number of hydrogen-bond acceptors (Lipinski definition) is 5. The van der Waals surface area contributed by atoms with Crippen LogP contribution in [0.3, 0.4) is 0 Å². The average molecular weight is 465 g/mol. The lowest BCUT2D eigenvalue weighted by atomic mass is 9.96. The van der Waals surface area contributed by atoms with Gasteiger partial charge in [0.2, 0.25) is 0 Å². The molecule has 0 saturated carbocycles. The van der Waals surface area contributed by atoms with Crippen molar-refractivity contribution in [3.05, 3.63) is 59.0 Å². The molecule has 2 aromatic carbocycles. The Balaban J connectivity index is 1.79. The molecule has 2 aromatic heterocycles. The SMILES string of the molecule is CNc1ncc(-c2cc(C)cc(F)c2)c(N2CCC(N)CC2)c1-c1nc2cccc(Cl)c2[nH]1. The molecule has 5 rings (SSSR count). The van der Waals surface area contributed by atoms with Crippen LogP contribution in [0.1, 0.15) is 18.4 Å². The summed E-state index contributed by atoms with van der Waals surface area (Å²) in [5.41, 5.74) is 12.0. The number of nitrogens with two attached hydrogens (primary N) is 1. The summed E-state index contributed by atoms with van der Waals surface area (Å²) in [4.78, 5) is 15.2. The number of nitrogens with zero attached hydrogens (tertiary/aromatic N) is 3. The maximum Gasteiger partial charge on any atom is 0.144 e. The molecule has 6 nitrogen and oxygen atoms in total. The van der Waals surface area contributed by atoms with Crippen LogP contribution in [-0.4, -0.2) is 41.1 Å². The van der Waals surface area contributed by atoms with Crippen LogP contribution in [0.2, 0.25) is 5.02 Å². The maximum atomic E-state index is 14.4. The van der Waals surface area contributed by atoms with Crippen molar-refractivity contribution in [3.63, 3.8) is 0 Å². The third kappa shape index (κ3) is 4.03. The van der Waals surface area contributed by atoms with E-state index in [1.54, 1.807) is 6.07 Å². The van der Waals surface area contributed by atoms with Crippen LogP contribution in [0.15, 0.2) is 42.6 Å². The number of anilines is 2. The van der Waals surface area contributed by atoms with Gasteiger partial charge in [0.15, 0.2) is 0 Å². The number of aryl methyl sites for hydroxylation is 1. The summed E-state index contributed by atoms with van der Waals surface area (Å²) in [6.45, 7) is 3.48. The van der Waals surface area contributed by atoms with Gasteiger partial charge in [-0.3, -0.25) is 0 Å². The number of nitrogens with one attached hydrogen (secondary N) is 2. The molecule has 4 N–H and O–H groups in total. The van der Waals surface area contributed by atoms with Gasteiger partial charge in [0.25, 0.3) is 0 Å². The molecule has 0 radical (unpaired) electrons. The highest BCUT2D eigenvalue weighted by Crippen LogP contribution is 2.44. The number of pyridine rings is 1. The summed E-state index contributed by atoms with van der Waals surface area (Å²) in [6, 6.07) is 10.9. The maximum absolute atomic E-state index is 14.4. The summed E-state index contributed by atoms with van der Waals surface area (Å²) < 4.78 is 14.4. The number of H-pyrrole nitrogens is 1. The normalized spacial score (nSPS) is 14.8. The number of benzene rings is 2. The van der Waals surface area contributed by atoms with Crippen molar-refractivity contribution in [2.75, 3.05) is 30.4 Å². The van der Waals surface area contributed by atoms with E-state index in [-0.39, 0.29) is 11.9 Å². The molecule has 8 heteroatoms. The van der Waals surface area contributed by atoms with E-state index in [0.717, 1.165) is 64.9 Å². The van der Waals surface area contributed by atoms with Crippen LogP contribution < -0.4 is 16.0 Å². The molecule has 1 saturated heterocycles. The van der Waals surface area contributed by atoms with E-state index in [4.69, 9.17) is 27.3 Å². The van der Waals surface area contributed by atoms with Gasteiger partial charge >= 0.3 is 0 Å². The Bertz CT molecular complexity index is 1310. The topological polar surface area (TPSA) is 82.9 Å². The van der Waals surface area contributed by atoms with Crippen LogP contribution in [0.4, 0.5) is 15.9 Å². The Morgan fingerprint density at radius 2 is 2.00 bits per heavy atom. The number of hydrogen-bond donors (Lipinski definition) is 3. The summed E-state index contributed by atoms with van der Waals surface area (Å²) in [7, 11) is 1.84. The third-order valence-electron chi connectivity index (χ3n) is 6.20. The van der Waals surface area contributed by atoms with E-state index in [1.165, 1.54) is 6.07 Å². The standard InChI is InChI=1S/C25H26ClFN6/c1-14-10-15(12-16(27)11-14)18-13-30-24(29-2)21(23(18)33-8-6-17(28)7-9-33)25-31-20-5-3-4-19(26)22(20)32-25/h3-5,10-13,17H,6-9,28H2,1-2H3,(H,29,30)(H,31,32). The minimum absolute atomic E-state index is 0.181. The molecule has 33 heavy (non-hydrogen) atoms. The predicted molar refractivity (Wildman–Crippen MR) is 133 cm³/mol. The first-order chi connectivity index (χ1) is 15.9. The Kier molecular flexibility index (Phi) is 5.68. The van der Waals surface area contributed by atoms with E-state index >= 15 is 0 Å². The van der Waals surface area contributed by atoms with Crippen molar-refractivity contribution in [2.24, 2.45) is 5.73 Å². The number of rotatable bonds is 4. The fraction of sp³-hybridized carbons (Fsp3) is 0.280. The van der Waals surface area contributed by atoms with Crippen molar-refractivity contribution < 1.29 is 4.39 Å². The molecule has 0 atom stereocenters. The molecule has 170 valence electrons. The zero-order valence-electron chi connectivity index (χ0n) is 18.6. The monoisotopic (exact) mass is 464 g/mol. The molecule has 0 aliphatic carbocycles. The number of para-hydroxylation sites is 1. The zero-order chi connectivity index (χ0) is 23.1. The van der Waals surface area contributed by atoms with Crippen LogP contribution >= 0.6 is 11.6 Å². The Morgan fingerprint density at radius 3 is 2.70 bits per heavy atom. The molecular formula is C25H26ClFN6. The fourth-order valence-electron chi connectivity index (χ4n) is 4.58. The van der Waals surface area contributed by atoms with E-state index < -0.39 is 0 Å². The number of aromatic amines is 1. The molecule has 1 aliphatic rings. The second kappa shape index (κ2) is 8.65. The molecule has 0 amide bonds. The van der Waals surface area contributed by atoms with Gasteiger partial charge in [0.05, 0.1) is 27.3 Å². The molecule has 4 aromatic rings. The minimum Gasteiger partial charge on any atom is -0.372 e. The first kappa shape index (κ1) is 21.7. The van der Waals surface area contributed by atoms with E-state index in [1.807, 2.05) is 44.4 Å². The molecule has 1 fully saturated rings. The predicted octanol–water partition coefficient (Wildman–Crippen LogP) is 5.36. The molecule has 3 heterocycles. The Labute approximate surface area is 197 Å². The number of imidazole rings is 1. The highest BCUT2D eigenvalue weighted by Gasteiger charge is 2.27. The highest BCUT2D eigenvalue weighted by atomic mass is 35.5. The van der Waals surface area contributed by atoms with Crippen LogP contribution in [-0.2, 0) is 0 Å². The molecule has 0 unspecified atom stereocenters. The second-order valence-electron chi connectivity index (χ2n) is 8.56. The quantitative estimate of drug-likeness (QED) is 0.378. The Hall–Kier alpha value is -3.16. The molecular weight excluding hydrogens is 439 g/mol. The fourth-order valence-corrected chi connectivity index (χ4v) is 4.80. The highest BCUT2D eigenvalue weighted by molar-refractivity contribution is 6.35. The summed E-state index contributed by atoms with van der Waals surface area (Å²) in [5.74, 6) is 1.08. The van der Waals surface area contributed by atoms with Crippen molar-refractivity contribution in [3.8, 4) is 22.5 Å². The molecule has 1 aliphatic heterocycles. The average Bonchev–Trinajstić information content (AvgIpc) is 3.23. The Morgan fingerprint density at radius 1 is 1.21 bits per heavy atom. The van der Waals surface area contributed by atoms with Crippen molar-refractivity contribution in [1.29, 1.82) is 0 Å². The lowest BCUT2D eigenvalue weighted by Gasteiger charge is -2.35. The first-order valence-corrected chi connectivity index (χ1v) is 11.5. The number of aromatic nitrogens is 3. The van der Waals surface area contributed by atoms with Gasteiger partial charge in [0.1, 0.15) is 17.5 Å². The molecule has 0 bridgehead atoms. The van der Waals surface area contributed by atoms with Crippen LogP contribution in [0, 0.1) is 12.7 Å². The number of halogens is 2. The summed E-state index contributed by atoms with van der Waals surface area (Å²) in [6.07, 6.45) is 3.57. The van der Waals surface area contributed by atoms with Gasteiger partial charge in [-0.25, -0.2) is 14.4 Å². The largest absolute Gasteiger partial charge is 0.372 e. The third-order valence-corrected chi connectivity index (χ3v) is 6.52. The summed E-state index contributed by atoms with van der Waals surface area (Å²) in [5, 5.41) is 3.82. The smallest absolute Gasteiger partial charge is 0.144 e. The minimum atomic E-state index is -0.272. The van der Waals surface area contributed by atoms with E-state index in [9.17, 15) is 4.39 Å². The first-order valence-electron chi connectivity index (χ1n) is 11.1. The van der Waals surface area contributed by atoms with Crippen molar-refractivity contribution in [2.45, 2.75) is 25.8 Å². The van der Waals surface area contributed by atoms with Gasteiger partial charge in [-0.2, -0.15) is 0 Å². The van der Waals surface area contributed by atoms with Gasteiger partial charge in [0, 0.05) is 37.9 Å². The van der Waals surface area contributed by atoms with Crippen LogP contribution in [0.5, 0.6) is 0 Å². The van der Waals surface area contributed by atoms with Gasteiger partial charge < -0.3 is 20.9 Å². The zero-order valence-corrected chi connectivity index (χ0v) is 19.4. The molecule has 0 spiro atoms. The van der Waals surface area contributed by atoms with Crippen molar-refractivity contribution >= 4 is 34.1 Å². The summed E-state index contributed by atoms with van der Waals surface area (Å²) >= 11 is 6.43. The lowest BCUT2D eigenvalue weighted by molar-refractivity contribution is 0.501.